The summed E-state index contributed by atoms with van der Waals surface area (Å²) in [5.41, 5.74) is 12.2. The Kier molecular flexibility index (Phi) is 16.5. The Morgan fingerprint density at radius 1 is 0.816 bits per heavy atom. The lowest BCUT2D eigenvalue weighted by Crippen LogP contribution is -2.57. The summed E-state index contributed by atoms with van der Waals surface area (Å²) in [5.74, 6) is -1.59. The van der Waals surface area contributed by atoms with Gasteiger partial charge in [-0.1, -0.05) is 12.1 Å². The number of aromatic hydroxyl groups is 1. The van der Waals surface area contributed by atoms with E-state index in [-0.39, 0.29) is 25.0 Å². The Bertz CT molecular complexity index is 889. The van der Waals surface area contributed by atoms with Gasteiger partial charge in [0, 0.05) is 6.42 Å². The highest BCUT2D eigenvalue weighted by Gasteiger charge is 2.30. The lowest BCUT2D eigenvalue weighted by molar-refractivity contribution is -0.142. The van der Waals surface area contributed by atoms with E-state index in [9.17, 15) is 29.4 Å². The standard InChI is InChI=1S/C25H41N5O6S2/c1-37-13-10-18(27)22(32)30-21(15-16-6-8-17(31)9-7-16)24(34)28-19(11-14-38-2)23(33)29-20(25(35)36)5-3-4-12-26/h6-9,18-21,31H,3-5,10-15,26-27H2,1-2H3,(H,28,34)(H,29,33)(H,30,32)(H,35,36). The summed E-state index contributed by atoms with van der Waals surface area (Å²) in [6.45, 7) is 0.418. The molecule has 0 saturated heterocycles. The summed E-state index contributed by atoms with van der Waals surface area (Å²) in [4.78, 5) is 50.8. The third kappa shape index (κ3) is 12.9. The number of hydrogen-bond acceptors (Lipinski definition) is 9. The van der Waals surface area contributed by atoms with E-state index >= 15 is 0 Å². The molecule has 0 bridgehead atoms. The number of phenolic OH excluding ortho intramolecular Hbond substituents is 1. The molecule has 4 atom stereocenters. The number of nitrogens with two attached hydrogens (primary N) is 2. The number of amides is 3. The summed E-state index contributed by atoms with van der Waals surface area (Å²) >= 11 is 3.03. The van der Waals surface area contributed by atoms with Crippen molar-refractivity contribution in [3.8, 4) is 5.75 Å². The first kappa shape index (κ1) is 33.5. The van der Waals surface area contributed by atoms with Crippen molar-refractivity contribution in [2.45, 2.75) is 62.7 Å². The number of rotatable bonds is 19. The van der Waals surface area contributed by atoms with Crippen LogP contribution in [-0.4, -0.2) is 88.6 Å². The van der Waals surface area contributed by atoms with Crippen LogP contribution in [-0.2, 0) is 25.6 Å². The van der Waals surface area contributed by atoms with Gasteiger partial charge in [0.25, 0.3) is 0 Å². The van der Waals surface area contributed by atoms with Crippen molar-refractivity contribution in [1.29, 1.82) is 0 Å². The van der Waals surface area contributed by atoms with Gasteiger partial charge < -0.3 is 37.6 Å². The molecule has 11 nitrogen and oxygen atoms in total. The lowest BCUT2D eigenvalue weighted by atomic mass is 10.0. The first-order valence-electron chi connectivity index (χ1n) is 12.5. The van der Waals surface area contributed by atoms with Crippen LogP contribution in [0.2, 0.25) is 0 Å². The Hall–Kier alpha value is -2.48. The van der Waals surface area contributed by atoms with Crippen LogP contribution in [0.3, 0.4) is 0 Å². The molecule has 3 amide bonds. The third-order valence-electron chi connectivity index (χ3n) is 5.78. The second-order valence-corrected chi connectivity index (χ2v) is 10.8. The molecule has 0 radical (unpaired) electrons. The van der Waals surface area contributed by atoms with Crippen LogP contribution in [0.4, 0.5) is 0 Å². The highest BCUT2D eigenvalue weighted by atomic mass is 32.2. The van der Waals surface area contributed by atoms with Crippen LogP contribution in [0.1, 0.15) is 37.7 Å². The second kappa shape index (κ2) is 18.7. The average molecular weight is 572 g/mol. The number of nitrogens with one attached hydrogen (secondary N) is 3. The first-order valence-corrected chi connectivity index (χ1v) is 15.3. The predicted molar refractivity (Wildman–Crippen MR) is 152 cm³/mol. The van der Waals surface area contributed by atoms with Gasteiger partial charge in [-0.15, -0.1) is 0 Å². The highest BCUT2D eigenvalue weighted by molar-refractivity contribution is 7.98. The monoisotopic (exact) mass is 571 g/mol. The predicted octanol–water partition coefficient (Wildman–Crippen LogP) is 0.436. The molecular weight excluding hydrogens is 530 g/mol. The number of phenols is 1. The van der Waals surface area contributed by atoms with E-state index in [0.717, 1.165) is 0 Å². The van der Waals surface area contributed by atoms with Gasteiger partial charge in [0.2, 0.25) is 17.7 Å². The molecule has 9 N–H and O–H groups in total. The average Bonchev–Trinajstić information content (AvgIpc) is 2.89. The van der Waals surface area contributed by atoms with E-state index in [1.54, 1.807) is 23.9 Å². The number of carbonyl (C=O) groups is 4. The second-order valence-electron chi connectivity index (χ2n) is 8.85. The molecule has 0 saturated carbocycles. The van der Waals surface area contributed by atoms with Gasteiger partial charge in [0.1, 0.15) is 23.9 Å². The summed E-state index contributed by atoms with van der Waals surface area (Å²) in [7, 11) is 0. The third-order valence-corrected chi connectivity index (χ3v) is 7.07. The molecule has 0 fully saturated rings. The maximum absolute atomic E-state index is 13.4. The van der Waals surface area contributed by atoms with Crippen molar-refractivity contribution in [2.24, 2.45) is 11.5 Å². The summed E-state index contributed by atoms with van der Waals surface area (Å²) in [5, 5.41) is 27.0. The molecule has 38 heavy (non-hydrogen) atoms. The molecule has 0 aliphatic heterocycles. The normalized spacial score (nSPS) is 14.1. The Labute approximate surface area is 232 Å². The fourth-order valence-corrected chi connectivity index (χ4v) is 4.49. The zero-order valence-electron chi connectivity index (χ0n) is 22.0. The van der Waals surface area contributed by atoms with Crippen molar-refractivity contribution in [3.63, 3.8) is 0 Å². The zero-order chi connectivity index (χ0) is 28.5. The zero-order valence-corrected chi connectivity index (χ0v) is 23.6. The van der Waals surface area contributed by atoms with Gasteiger partial charge in [0.15, 0.2) is 0 Å². The highest BCUT2D eigenvalue weighted by Crippen LogP contribution is 2.13. The Balaban J connectivity index is 3.06. The van der Waals surface area contributed by atoms with Crippen molar-refractivity contribution < 1.29 is 29.4 Å². The molecule has 0 aliphatic rings. The fourth-order valence-electron chi connectivity index (χ4n) is 3.53. The number of carboxylic acid groups (broad SMARTS) is 1. The topological polar surface area (TPSA) is 197 Å². The maximum atomic E-state index is 13.4. The molecule has 1 aromatic carbocycles. The molecule has 0 heterocycles. The summed E-state index contributed by atoms with van der Waals surface area (Å²) in [6, 6.07) is 2.25. The number of carbonyl (C=O) groups excluding carboxylic acids is 3. The van der Waals surface area contributed by atoms with Gasteiger partial charge >= 0.3 is 5.97 Å². The van der Waals surface area contributed by atoms with E-state index in [4.69, 9.17) is 11.5 Å². The van der Waals surface area contributed by atoms with Crippen molar-refractivity contribution >= 4 is 47.2 Å². The SMILES string of the molecule is CSCCC(N)C(=O)NC(Cc1ccc(O)cc1)C(=O)NC(CCSC)C(=O)NC(CCCCN)C(=O)O. The van der Waals surface area contributed by atoms with Crippen molar-refractivity contribution in [1.82, 2.24) is 16.0 Å². The molecule has 4 unspecified atom stereocenters. The smallest absolute Gasteiger partial charge is 0.326 e. The molecule has 13 heteroatoms. The minimum atomic E-state index is -1.16. The van der Waals surface area contributed by atoms with E-state index in [0.29, 0.717) is 42.9 Å². The van der Waals surface area contributed by atoms with Gasteiger partial charge in [-0.25, -0.2) is 4.79 Å². The Morgan fingerprint density at radius 3 is 1.95 bits per heavy atom. The van der Waals surface area contributed by atoms with Crippen LogP contribution < -0.4 is 27.4 Å². The fraction of sp³-hybridized carbons (Fsp3) is 0.600. The quantitative estimate of drug-likeness (QED) is 0.114. The van der Waals surface area contributed by atoms with Gasteiger partial charge in [-0.3, -0.25) is 14.4 Å². The number of carboxylic acids is 1. The van der Waals surface area contributed by atoms with Crippen molar-refractivity contribution in [2.75, 3.05) is 30.6 Å². The number of aliphatic carboxylic acids is 1. The number of hydrogen-bond donors (Lipinski definition) is 7. The van der Waals surface area contributed by atoms with E-state index in [1.165, 1.54) is 23.9 Å². The van der Waals surface area contributed by atoms with Crippen LogP contribution in [0.15, 0.2) is 24.3 Å². The van der Waals surface area contributed by atoms with Gasteiger partial charge in [0.05, 0.1) is 6.04 Å². The van der Waals surface area contributed by atoms with E-state index in [1.807, 2.05) is 12.5 Å². The van der Waals surface area contributed by atoms with Gasteiger partial charge in [-0.05, 0) is 80.4 Å². The lowest BCUT2D eigenvalue weighted by Gasteiger charge is -2.25. The van der Waals surface area contributed by atoms with E-state index in [2.05, 4.69) is 16.0 Å². The molecular formula is C25H41N5O6S2. The van der Waals surface area contributed by atoms with Gasteiger partial charge in [-0.2, -0.15) is 23.5 Å². The minimum Gasteiger partial charge on any atom is -0.508 e. The number of unbranched alkanes of at least 4 members (excludes halogenated alkanes) is 1. The molecule has 1 aromatic rings. The molecule has 0 aliphatic carbocycles. The molecule has 1 rings (SSSR count). The van der Waals surface area contributed by atoms with Crippen LogP contribution in [0, 0.1) is 0 Å². The maximum Gasteiger partial charge on any atom is 0.326 e. The summed E-state index contributed by atoms with van der Waals surface area (Å²) < 4.78 is 0. The van der Waals surface area contributed by atoms with Crippen LogP contribution >= 0.6 is 23.5 Å². The molecule has 0 aromatic heterocycles. The largest absolute Gasteiger partial charge is 0.508 e. The molecule has 214 valence electrons. The molecule has 0 spiro atoms. The number of benzene rings is 1. The number of thioether (sulfide) groups is 2. The Morgan fingerprint density at radius 2 is 1.37 bits per heavy atom. The van der Waals surface area contributed by atoms with E-state index < -0.39 is 47.9 Å². The van der Waals surface area contributed by atoms with Crippen molar-refractivity contribution in [3.05, 3.63) is 29.8 Å². The minimum absolute atomic E-state index is 0.0612. The van der Waals surface area contributed by atoms with Crippen LogP contribution in [0.5, 0.6) is 5.75 Å². The first-order chi connectivity index (χ1) is 18.1. The van der Waals surface area contributed by atoms with Crippen LogP contribution in [0.25, 0.3) is 0 Å². The summed E-state index contributed by atoms with van der Waals surface area (Å²) in [6.07, 6.45) is 5.93.